The normalized spacial score (nSPS) is 21.3. The van der Waals surface area contributed by atoms with Crippen molar-refractivity contribution < 1.29 is 4.79 Å². The first kappa shape index (κ1) is 14.6. The molecule has 2 aromatic rings. The highest BCUT2D eigenvalue weighted by atomic mass is 35.5. The number of amides is 1. The molecule has 1 aromatic heterocycles. The van der Waals surface area contributed by atoms with E-state index in [2.05, 4.69) is 10.4 Å². The highest BCUT2D eigenvalue weighted by Gasteiger charge is 2.34. The largest absolute Gasteiger partial charge is 0.311 e. The molecule has 2 aliphatic rings. The minimum absolute atomic E-state index is 0.0618. The van der Waals surface area contributed by atoms with Crippen LogP contribution >= 0.6 is 11.6 Å². The molecular weight excluding hydrogens is 314 g/mol. The molecule has 4 rings (SSSR count). The Morgan fingerprint density at radius 2 is 1.96 bits per heavy atom. The van der Waals surface area contributed by atoms with E-state index in [0.717, 1.165) is 31.2 Å². The topological polar surface area (TPSA) is 66.9 Å². The molecule has 1 amide bonds. The molecule has 1 aliphatic carbocycles. The SMILES string of the molecule is O=C1C[C@H](c2cccc(Cl)c2)c2c(n(C3CCCC3)[nH]c2=O)N1. The van der Waals surface area contributed by atoms with Crippen LogP contribution < -0.4 is 10.9 Å². The van der Waals surface area contributed by atoms with Crippen molar-refractivity contribution in [1.29, 1.82) is 0 Å². The van der Waals surface area contributed by atoms with E-state index < -0.39 is 0 Å². The molecule has 0 bridgehead atoms. The maximum Gasteiger partial charge on any atom is 0.270 e. The standard InChI is InChI=1S/C17H18ClN3O2/c18-11-5-3-4-10(8-11)13-9-14(22)19-16-15(13)17(23)20-21(16)12-6-1-2-7-12/h3-5,8,12-13H,1-2,6-7,9H2,(H,19,22)(H,20,23)/t13-/m1/s1. The summed E-state index contributed by atoms with van der Waals surface area (Å²) in [6.45, 7) is 0. The summed E-state index contributed by atoms with van der Waals surface area (Å²) in [5.74, 6) is 0.334. The van der Waals surface area contributed by atoms with E-state index in [-0.39, 0.29) is 29.8 Å². The molecule has 5 nitrogen and oxygen atoms in total. The van der Waals surface area contributed by atoms with Gasteiger partial charge in [0, 0.05) is 17.4 Å². The number of carbonyl (C=O) groups excluding carboxylic acids is 1. The zero-order valence-corrected chi connectivity index (χ0v) is 13.4. The molecule has 1 aliphatic heterocycles. The van der Waals surface area contributed by atoms with Gasteiger partial charge in [0.15, 0.2) is 0 Å². The van der Waals surface area contributed by atoms with Crippen molar-refractivity contribution in [2.24, 2.45) is 0 Å². The van der Waals surface area contributed by atoms with Crippen LogP contribution in [0, 0.1) is 0 Å². The quantitative estimate of drug-likeness (QED) is 0.885. The second-order valence-electron chi connectivity index (χ2n) is 6.37. The van der Waals surface area contributed by atoms with Gasteiger partial charge in [-0.05, 0) is 30.5 Å². The van der Waals surface area contributed by atoms with Crippen molar-refractivity contribution in [2.45, 2.75) is 44.1 Å². The van der Waals surface area contributed by atoms with Gasteiger partial charge in [-0.15, -0.1) is 0 Å². The van der Waals surface area contributed by atoms with Crippen LogP contribution in [-0.2, 0) is 4.79 Å². The van der Waals surface area contributed by atoms with Crippen molar-refractivity contribution in [3.8, 4) is 0 Å². The summed E-state index contributed by atoms with van der Waals surface area (Å²) < 4.78 is 1.87. The van der Waals surface area contributed by atoms with Gasteiger partial charge < -0.3 is 5.32 Å². The van der Waals surface area contributed by atoms with E-state index in [0.29, 0.717) is 16.4 Å². The number of nitrogens with one attached hydrogen (secondary N) is 2. The summed E-state index contributed by atoms with van der Waals surface area (Å²) in [6.07, 6.45) is 4.66. The maximum atomic E-state index is 12.6. The molecule has 0 spiro atoms. The second-order valence-corrected chi connectivity index (χ2v) is 6.81. The van der Waals surface area contributed by atoms with Crippen LogP contribution in [0.15, 0.2) is 29.1 Å². The molecule has 23 heavy (non-hydrogen) atoms. The van der Waals surface area contributed by atoms with E-state index in [1.807, 2.05) is 22.9 Å². The molecule has 0 unspecified atom stereocenters. The number of aromatic amines is 1. The lowest BCUT2D eigenvalue weighted by Crippen LogP contribution is -2.27. The zero-order valence-electron chi connectivity index (χ0n) is 12.6. The smallest absolute Gasteiger partial charge is 0.270 e. The van der Waals surface area contributed by atoms with Crippen molar-refractivity contribution >= 4 is 23.3 Å². The highest BCUT2D eigenvalue weighted by molar-refractivity contribution is 6.30. The van der Waals surface area contributed by atoms with Crippen molar-refractivity contribution in [2.75, 3.05) is 5.32 Å². The van der Waals surface area contributed by atoms with Gasteiger partial charge in [0.25, 0.3) is 5.56 Å². The molecule has 6 heteroatoms. The Morgan fingerprint density at radius 1 is 1.17 bits per heavy atom. The van der Waals surface area contributed by atoms with Crippen LogP contribution in [0.25, 0.3) is 0 Å². The molecule has 0 radical (unpaired) electrons. The molecule has 2 heterocycles. The molecule has 1 saturated carbocycles. The molecular formula is C17H18ClN3O2. The Bertz CT molecular complexity index is 817. The zero-order chi connectivity index (χ0) is 16.0. The molecule has 1 aromatic carbocycles. The van der Waals surface area contributed by atoms with Crippen LogP contribution in [0.5, 0.6) is 0 Å². The number of aromatic nitrogens is 2. The van der Waals surface area contributed by atoms with Crippen molar-refractivity contribution in [3.63, 3.8) is 0 Å². The number of hydrogen-bond acceptors (Lipinski definition) is 2. The first-order valence-corrected chi connectivity index (χ1v) is 8.41. The summed E-state index contributed by atoms with van der Waals surface area (Å²) in [6, 6.07) is 7.67. The average molecular weight is 332 g/mol. The first-order valence-electron chi connectivity index (χ1n) is 8.03. The van der Waals surface area contributed by atoms with Crippen molar-refractivity contribution in [1.82, 2.24) is 9.78 Å². The second kappa shape index (κ2) is 5.57. The third kappa shape index (κ3) is 2.49. The maximum absolute atomic E-state index is 12.6. The average Bonchev–Trinajstić information content (AvgIpc) is 3.15. The van der Waals surface area contributed by atoms with Gasteiger partial charge in [0.2, 0.25) is 5.91 Å². The number of fused-ring (bicyclic) bond motifs is 1. The van der Waals surface area contributed by atoms with E-state index in [4.69, 9.17) is 11.6 Å². The number of rotatable bonds is 2. The minimum atomic E-state index is -0.246. The number of benzene rings is 1. The van der Waals surface area contributed by atoms with Gasteiger partial charge in [0.05, 0.1) is 11.6 Å². The number of carbonyl (C=O) groups is 1. The number of nitrogens with zero attached hydrogens (tertiary/aromatic N) is 1. The van der Waals surface area contributed by atoms with E-state index in [1.54, 1.807) is 6.07 Å². The Kier molecular flexibility index (Phi) is 3.53. The lowest BCUT2D eigenvalue weighted by atomic mass is 9.87. The summed E-state index contributed by atoms with van der Waals surface area (Å²) in [7, 11) is 0. The summed E-state index contributed by atoms with van der Waals surface area (Å²) in [5.41, 5.74) is 1.44. The van der Waals surface area contributed by atoms with Crippen LogP contribution in [0.4, 0.5) is 5.82 Å². The predicted octanol–water partition coefficient (Wildman–Crippen LogP) is 3.42. The first-order chi connectivity index (χ1) is 11.1. The van der Waals surface area contributed by atoms with Gasteiger partial charge in [0.1, 0.15) is 5.82 Å². The fourth-order valence-corrected chi connectivity index (χ4v) is 4.03. The lowest BCUT2D eigenvalue weighted by molar-refractivity contribution is -0.116. The minimum Gasteiger partial charge on any atom is -0.311 e. The van der Waals surface area contributed by atoms with Crippen LogP contribution in [0.2, 0.25) is 5.02 Å². The Balaban J connectivity index is 1.84. The highest BCUT2D eigenvalue weighted by Crippen LogP contribution is 2.39. The number of anilines is 1. The van der Waals surface area contributed by atoms with E-state index in [1.165, 1.54) is 0 Å². The number of hydrogen-bond donors (Lipinski definition) is 2. The van der Waals surface area contributed by atoms with Gasteiger partial charge in [-0.25, -0.2) is 0 Å². The van der Waals surface area contributed by atoms with Gasteiger partial charge in [-0.3, -0.25) is 19.4 Å². The van der Waals surface area contributed by atoms with Gasteiger partial charge >= 0.3 is 0 Å². The number of halogens is 1. The van der Waals surface area contributed by atoms with E-state index >= 15 is 0 Å². The summed E-state index contributed by atoms with van der Waals surface area (Å²) in [4.78, 5) is 24.8. The third-order valence-electron chi connectivity index (χ3n) is 4.90. The number of H-pyrrole nitrogens is 1. The monoisotopic (exact) mass is 331 g/mol. The molecule has 1 atom stereocenters. The fourth-order valence-electron chi connectivity index (χ4n) is 3.83. The summed E-state index contributed by atoms with van der Waals surface area (Å²) >= 11 is 6.08. The Hall–Kier alpha value is -2.01. The van der Waals surface area contributed by atoms with Crippen LogP contribution in [0.1, 0.15) is 55.2 Å². The van der Waals surface area contributed by atoms with Crippen LogP contribution in [-0.4, -0.2) is 15.7 Å². The van der Waals surface area contributed by atoms with Crippen molar-refractivity contribution in [3.05, 3.63) is 50.8 Å². The van der Waals surface area contributed by atoms with Crippen LogP contribution in [0.3, 0.4) is 0 Å². The van der Waals surface area contributed by atoms with E-state index in [9.17, 15) is 9.59 Å². The van der Waals surface area contributed by atoms with Gasteiger partial charge in [-0.2, -0.15) is 0 Å². The molecule has 120 valence electrons. The third-order valence-corrected chi connectivity index (χ3v) is 5.13. The molecule has 1 fully saturated rings. The summed E-state index contributed by atoms with van der Waals surface area (Å²) in [5, 5.41) is 6.46. The Labute approximate surface area is 138 Å². The molecule has 2 N–H and O–H groups in total. The molecule has 0 saturated heterocycles. The van der Waals surface area contributed by atoms with Gasteiger partial charge in [-0.1, -0.05) is 36.6 Å². The Morgan fingerprint density at radius 3 is 2.70 bits per heavy atom. The lowest BCUT2D eigenvalue weighted by Gasteiger charge is -2.25. The predicted molar refractivity (Wildman–Crippen MR) is 89.1 cm³/mol. The fraction of sp³-hybridized carbons (Fsp3) is 0.412.